The van der Waals surface area contributed by atoms with Crippen molar-refractivity contribution in [3.05, 3.63) is 76.6 Å². The number of para-hydroxylation sites is 1. The van der Waals surface area contributed by atoms with E-state index in [-0.39, 0.29) is 12.5 Å². The van der Waals surface area contributed by atoms with E-state index in [1.165, 1.54) is 0 Å². The number of carbonyl (C=O) groups excluding carboxylic acids is 1. The second-order valence-corrected chi connectivity index (χ2v) is 7.08. The molecule has 3 aromatic rings. The molecule has 0 aliphatic heterocycles. The molecule has 0 fully saturated rings. The molecule has 0 radical (unpaired) electrons. The molecule has 0 aliphatic rings. The van der Waals surface area contributed by atoms with E-state index >= 15 is 0 Å². The van der Waals surface area contributed by atoms with E-state index in [1.54, 1.807) is 4.90 Å². The summed E-state index contributed by atoms with van der Waals surface area (Å²) in [6, 6.07) is 15.6. The van der Waals surface area contributed by atoms with Gasteiger partial charge in [-0.25, -0.2) is 0 Å². The van der Waals surface area contributed by atoms with Crippen LogP contribution in [0.2, 0.25) is 0 Å². The number of rotatable bonds is 6. The first-order valence-corrected chi connectivity index (χ1v) is 9.42. The molecule has 0 bridgehead atoms. The van der Waals surface area contributed by atoms with E-state index in [2.05, 4.69) is 5.10 Å². The van der Waals surface area contributed by atoms with Crippen LogP contribution in [0.5, 0.6) is 5.75 Å². The Hall–Kier alpha value is -3.08. The molecule has 5 heteroatoms. The van der Waals surface area contributed by atoms with Gasteiger partial charge in [-0.15, -0.1) is 0 Å². The van der Waals surface area contributed by atoms with Crippen LogP contribution in [0, 0.1) is 27.7 Å². The maximum Gasteiger partial charge on any atom is 0.265 e. The second kappa shape index (κ2) is 8.30. The van der Waals surface area contributed by atoms with Gasteiger partial charge in [-0.05, 0) is 57.0 Å². The van der Waals surface area contributed by atoms with Gasteiger partial charge in [0.05, 0.1) is 12.2 Å². The molecule has 0 saturated heterocycles. The summed E-state index contributed by atoms with van der Waals surface area (Å²) in [6.07, 6.45) is 0. The lowest BCUT2D eigenvalue weighted by Gasteiger charge is -2.23. The number of hydrogen-bond donors (Lipinski definition) is 0. The Morgan fingerprint density at radius 2 is 1.75 bits per heavy atom. The largest absolute Gasteiger partial charge is 0.483 e. The van der Waals surface area contributed by atoms with Crippen LogP contribution < -0.4 is 9.64 Å². The van der Waals surface area contributed by atoms with Gasteiger partial charge in [-0.1, -0.05) is 30.3 Å². The maximum atomic E-state index is 13.1. The van der Waals surface area contributed by atoms with Crippen LogP contribution in [-0.4, -0.2) is 22.3 Å². The van der Waals surface area contributed by atoms with E-state index in [1.807, 2.05) is 88.0 Å². The highest BCUT2D eigenvalue weighted by Gasteiger charge is 2.21. The third-order valence-electron chi connectivity index (χ3n) is 5.25. The Balaban J connectivity index is 1.84. The molecular formula is C23H27N3O2. The van der Waals surface area contributed by atoms with Gasteiger partial charge >= 0.3 is 0 Å². The second-order valence-electron chi connectivity index (χ2n) is 7.08. The van der Waals surface area contributed by atoms with Gasteiger partial charge in [-0.3, -0.25) is 9.48 Å². The van der Waals surface area contributed by atoms with Crippen LogP contribution in [0.4, 0.5) is 5.69 Å². The van der Waals surface area contributed by atoms with Gasteiger partial charge in [0.1, 0.15) is 5.75 Å². The minimum atomic E-state index is -0.0882. The van der Waals surface area contributed by atoms with Gasteiger partial charge in [-0.2, -0.15) is 5.10 Å². The normalized spacial score (nSPS) is 10.8. The lowest BCUT2D eigenvalue weighted by atomic mass is 10.1. The molecule has 146 valence electrons. The number of nitrogens with zero attached hydrogens (tertiary/aromatic N) is 3. The summed E-state index contributed by atoms with van der Waals surface area (Å²) < 4.78 is 7.73. The van der Waals surface area contributed by atoms with Crippen molar-refractivity contribution in [2.75, 3.05) is 11.5 Å². The molecule has 3 rings (SSSR count). The zero-order chi connectivity index (χ0) is 20.3. The molecule has 1 aromatic heterocycles. The van der Waals surface area contributed by atoms with Crippen molar-refractivity contribution in [3.8, 4) is 5.75 Å². The fraction of sp³-hybridized carbons (Fsp3) is 0.304. The standard InChI is InChI=1S/C23H27N3O2/c1-16-10-9-13-22(17(16)2)28-15-23(27)26(20-11-7-6-8-12-20)14-21-18(3)24-25(5)19(21)4/h6-13H,14-15H2,1-5H3. The first-order valence-electron chi connectivity index (χ1n) is 9.42. The van der Waals surface area contributed by atoms with Crippen molar-refractivity contribution in [1.29, 1.82) is 0 Å². The monoisotopic (exact) mass is 377 g/mol. The summed E-state index contributed by atoms with van der Waals surface area (Å²) in [4.78, 5) is 14.9. The summed E-state index contributed by atoms with van der Waals surface area (Å²) in [5.74, 6) is 0.657. The average Bonchev–Trinajstić information content (AvgIpc) is 2.93. The van der Waals surface area contributed by atoms with Gasteiger partial charge in [0, 0.05) is 24.0 Å². The van der Waals surface area contributed by atoms with E-state index in [4.69, 9.17) is 4.74 Å². The predicted octanol–water partition coefficient (Wildman–Crippen LogP) is 4.27. The van der Waals surface area contributed by atoms with Crippen LogP contribution in [0.3, 0.4) is 0 Å². The van der Waals surface area contributed by atoms with Crippen molar-refractivity contribution >= 4 is 11.6 Å². The van der Waals surface area contributed by atoms with Crippen molar-refractivity contribution in [3.63, 3.8) is 0 Å². The lowest BCUT2D eigenvalue weighted by Crippen LogP contribution is -2.35. The van der Waals surface area contributed by atoms with Crippen LogP contribution in [0.1, 0.15) is 28.1 Å². The van der Waals surface area contributed by atoms with Crippen LogP contribution in [0.25, 0.3) is 0 Å². The molecule has 0 unspecified atom stereocenters. The molecule has 0 atom stereocenters. The van der Waals surface area contributed by atoms with E-state index < -0.39 is 0 Å². The highest BCUT2D eigenvalue weighted by atomic mass is 16.5. The summed E-state index contributed by atoms with van der Waals surface area (Å²) in [5, 5.41) is 4.48. The highest BCUT2D eigenvalue weighted by molar-refractivity contribution is 5.94. The van der Waals surface area contributed by atoms with Gasteiger partial charge in [0.25, 0.3) is 5.91 Å². The number of aryl methyl sites for hydroxylation is 3. The number of benzene rings is 2. The van der Waals surface area contributed by atoms with Gasteiger partial charge in [0.15, 0.2) is 6.61 Å². The van der Waals surface area contributed by atoms with E-state index in [0.717, 1.165) is 39.5 Å². The van der Waals surface area contributed by atoms with E-state index in [0.29, 0.717) is 6.54 Å². The van der Waals surface area contributed by atoms with Crippen molar-refractivity contribution in [2.24, 2.45) is 7.05 Å². The van der Waals surface area contributed by atoms with Gasteiger partial charge in [0.2, 0.25) is 0 Å². The molecule has 1 amide bonds. The first kappa shape index (κ1) is 19.7. The smallest absolute Gasteiger partial charge is 0.265 e. The number of ether oxygens (including phenoxy) is 1. The summed E-state index contributed by atoms with van der Waals surface area (Å²) in [6.45, 7) is 8.49. The lowest BCUT2D eigenvalue weighted by molar-refractivity contribution is -0.120. The predicted molar refractivity (Wildman–Crippen MR) is 112 cm³/mol. The van der Waals surface area contributed by atoms with Crippen LogP contribution in [-0.2, 0) is 18.4 Å². The van der Waals surface area contributed by atoms with E-state index in [9.17, 15) is 4.79 Å². The number of hydrogen-bond acceptors (Lipinski definition) is 3. The highest BCUT2D eigenvalue weighted by Crippen LogP contribution is 2.23. The van der Waals surface area contributed by atoms with Crippen LogP contribution in [0.15, 0.2) is 48.5 Å². The molecule has 1 heterocycles. The molecule has 0 saturated carbocycles. The Bertz CT molecular complexity index is 977. The third-order valence-corrected chi connectivity index (χ3v) is 5.25. The van der Waals surface area contributed by atoms with Gasteiger partial charge < -0.3 is 9.64 Å². The molecule has 0 N–H and O–H groups in total. The third kappa shape index (κ3) is 4.09. The molecule has 0 spiro atoms. The summed E-state index contributed by atoms with van der Waals surface area (Å²) in [7, 11) is 1.92. The fourth-order valence-corrected chi connectivity index (χ4v) is 3.23. The minimum Gasteiger partial charge on any atom is -0.483 e. The van der Waals surface area contributed by atoms with Crippen LogP contribution >= 0.6 is 0 Å². The number of carbonyl (C=O) groups is 1. The minimum absolute atomic E-state index is 0.0163. The molecular weight excluding hydrogens is 350 g/mol. The van der Waals surface area contributed by atoms with Crippen molar-refractivity contribution < 1.29 is 9.53 Å². The Kier molecular flexibility index (Phi) is 5.83. The maximum absolute atomic E-state index is 13.1. The molecule has 0 aliphatic carbocycles. The van der Waals surface area contributed by atoms with Crippen molar-refractivity contribution in [1.82, 2.24) is 9.78 Å². The Labute approximate surface area is 166 Å². The molecule has 28 heavy (non-hydrogen) atoms. The first-order chi connectivity index (χ1) is 13.4. The quantitative estimate of drug-likeness (QED) is 0.645. The zero-order valence-corrected chi connectivity index (χ0v) is 17.2. The van der Waals surface area contributed by atoms with Crippen molar-refractivity contribution in [2.45, 2.75) is 34.2 Å². The average molecular weight is 377 g/mol. The number of aromatic nitrogens is 2. The summed E-state index contributed by atoms with van der Waals surface area (Å²) in [5.41, 5.74) is 6.10. The number of anilines is 1. The molecule has 5 nitrogen and oxygen atoms in total. The Morgan fingerprint density at radius 1 is 1.04 bits per heavy atom. The Morgan fingerprint density at radius 3 is 2.39 bits per heavy atom. The zero-order valence-electron chi connectivity index (χ0n) is 17.2. The number of amides is 1. The SMILES string of the molecule is Cc1cccc(OCC(=O)N(Cc2c(C)nn(C)c2C)c2ccccc2)c1C. The molecule has 2 aromatic carbocycles. The topological polar surface area (TPSA) is 47.4 Å². The summed E-state index contributed by atoms with van der Waals surface area (Å²) >= 11 is 0. The fourth-order valence-electron chi connectivity index (χ4n) is 3.23.